The van der Waals surface area contributed by atoms with Crippen LogP contribution in [0.2, 0.25) is 0 Å². The Morgan fingerprint density at radius 1 is 1.27 bits per heavy atom. The molecule has 0 radical (unpaired) electrons. The number of halogens is 2. The lowest BCUT2D eigenvalue weighted by Crippen LogP contribution is -2.35. The van der Waals surface area contributed by atoms with E-state index in [9.17, 15) is 17.6 Å². The molecule has 138 valence electrons. The molecule has 1 unspecified atom stereocenters. The molecule has 2 aromatic carbocycles. The Bertz CT molecular complexity index is 934. The number of hydrogen-bond donors (Lipinski definition) is 1. The topological polar surface area (TPSA) is 63.2 Å². The molecule has 26 heavy (non-hydrogen) atoms. The van der Waals surface area contributed by atoms with Gasteiger partial charge in [-0.05, 0) is 47.9 Å². The lowest BCUT2D eigenvalue weighted by Gasteiger charge is -2.26. The third kappa shape index (κ3) is 5.08. The van der Waals surface area contributed by atoms with Crippen molar-refractivity contribution in [3.8, 4) is 0 Å². The van der Waals surface area contributed by atoms with Crippen LogP contribution in [0.1, 0.15) is 23.6 Å². The van der Waals surface area contributed by atoms with Crippen molar-refractivity contribution in [3.63, 3.8) is 0 Å². The predicted molar refractivity (Wildman–Crippen MR) is 104 cm³/mol. The second kappa shape index (κ2) is 8.10. The Hall–Kier alpha value is -1.38. The van der Waals surface area contributed by atoms with Crippen LogP contribution in [0.15, 0.2) is 51.8 Å². The van der Waals surface area contributed by atoms with Gasteiger partial charge in [-0.2, -0.15) is 0 Å². The summed E-state index contributed by atoms with van der Waals surface area (Å²) in [7, 11) is -3.60. The highest BCUT2D eigenvalue weighted by atomic mass is 79.9. The van der Waals surface area contributed by atoms with Gasteiger partial charge in [0.25, 0.3) is 0 Å². The number of hydrogen-bond acceptors (Lipinski definition) is 4. The van der Waals surface area contributed by atoms with Crippen molar-refractivity contribution >= 4 is 43.4 Å². The van der Waals surface area contributed by atoms with Gasteiger partial charge < -0.3 is 5.32 Å². The van der Waals surface area contributed by atoms with Crippen molar-refractivity contribution < 1.29 is 17.6 Å². The van der Waals surface area contributed by atoms with E-state index in [1.54, 1.807) is 42.1 Å². The number of amides is 1. The zero-order valence-electron chi connectivity index (χ0n) is 13.7. The van der Waals surface area contributed by atoms with Gasteiger partial charge in [-0.25, -0.2) is 12.8 Å². The zero-order chi connectivity index (χ0) is 18.7. The van der Waals surface area contributed by atoms with Gasteiger partial charge in [0.2, 0.25) is 5.91 Å². The normalized spacial score (nSPS) is 16.8. The highest BCUT2D eigenvalue weighted by Gasteiger charge is 2.25. The van der Waals surface area contributed by atoms with Gasteiger partial charge in [0.05, 0.1) is 11.8 Å². The fourth-order valence-corrected chi connectivity index (χ4v) is 5.71. The smallest absolute Gasteiger partial charge is 0.235 e. The van der Waals surface area contributed by atoms with Gasteiger partial charge in [-0.15, -0.1) is 11.8 Å². The largest absolute Gasteiger partial charge is 0.348 e. The molecule has 1 heterocycles. The number of thioether (sulfide) groups is 1. The van der Waals surface area contributed by atoms with Crippen LogP contribution in [0.3, 0.4) is 0 Å². The number of nitrogens with one attached hydrogen (secondary N) is 1. The highest BCUT2D eigenvalue weighted by molar-refractivity contribution is 9.10. The Labute approximate surface area is 164 Å². The SMILES string of the molecule is O=C(CS(=O)(=O)Cc1cccc(Br)c1)NC1CCSc2ccc(F)cc21. The van der Waals surface area contributed by atoms with E-state index < -0.39 is 21.5 Å². The van der Waals surface area contributed by atoms with Crippen LogP contribution in [-0.2, 0) is 20.4 Å². The summed E-state index contributed by atoms with van der Waals surface area (Å²) in [5.74, 6) is -0.937. The maximum Gasteiger partial charge on any atom is 0.235 e. The van der Waals surface area contributed by atoms with E-state index in [0.29, 0.717) is 17.5 Å². The molecule has 4 nitrogen and oxygen atoms in total. The summed E-state index contributed by atoms with van der Waals surface area (Å²) >= 11 is 4.90. The number of carbonyl (C=O) groups is 1. The molecule has 0 saturated heterocycles. The van der Waals surface area contributed by atoms with Crippen LogP contribution in [-0.4, -0.2) is 25.8 Å². The summed E-state index contributed by atoms with van der Waals surface area (Å²) in [6.07, 6.45) is 0.637. The van der Waals surface area contributed by atoms with Gasteiger partial charge in [0, 0.05) is 15.1 Å². The number of benzene rings is 2. The molecule has 1 atom stereocenters. The molecular formula is C18H17BrFNO3S2. The quantitative estimate of drug-likeness (QED) is 0.740. The highest BCUT2D eigenvalue weighted by Crippen LogP contribution is 2.36. The fraction of sp³-hybridized carbons (Fsp3) is 0.278. The first-order valence-corrected chi connectivity index (χ1v) is 11.6. The standard InChI is InChI=1S/C18H17BrFNO3S2/c19-13-3-1-2-12(8-13)10-26(23,24)11-18(22)21-16-6-7-25-17-5-4-14(20)9-15(16)17/h1-5,8-9,16H,6-7,10-11H2,(H,21,22). The molecule has 0 bridgehead atoms. The minimum atomic E-state index is -3.60. The van der Waals surface area contributed by atoms with Crippen molar-refractivity contribution in [1.29, 1.82) is 0 Å². The first kappa shape index (κ1) is 19.4. The van der Waals surface area contributed by atoms with Crippen LogP contribution in [0, 0.1) is 5.82 Å². The van der Waals surface area contributed by atoms with Crippen molar-refractivity contribution in [2.24, 2.45) is 0 Å². The van der Waals surface area contributed by atoms with Gasteiger partial charge in [-0.1, -0.05) is 28.1 Å². The van der Waals surface area contributed by atoms with Crippen molar-refractivity contribution in [1.82, 2.24) is 5.32 Å². The summed E-state index contributed by atoms with van der Waals surface area (Å²) in [5, 5.41) is 2.75. The van der Waals surface area contributed by atoms with Crippen molar-refractivity contribution in [2.75, 3.05) is 11.5 Å². The second-order valence-electron chi connectivity index (χ2n) is 6.10. The fourth-order valence-electron chi connectivity index (χ4n) is 2.88. The molecule has 1 amide bonds. The van der Waals surface area contributed by atoms with Gasteiger partial charge in [-0.3, -0.25) is 4.79 Å². The Kier molecular flexibility index (Phi) is 6.04. The van der Waals surface area contributed by atoms with Crippen LogP contribution in [0.5, 0.6) is 0 Å². The third-order valence-corrected chi connectivity index (χ3v) is 7.06. The molecule has 0 saturated carbocycles. The van der Waals surface area contributed by atoms with E-state index in [1.807, 2.05) is 0 Å². The average molecular weight is 458 g/mol. The van der Waals surface area contributed by atoms with Crippen molar-refractivity contribution in [3.05, 3.63) is 63.9 Å². The Morgan fingerprint density at radius 2 is 2.08 bits per heavy atom. The number of carbonyl (C=O) groups excluding carboxylic acids is 1. The summed E-state index contributed by atoms with van der Waals surface area (Å²) in [6.45, 7) is 0. The Balaban J connectivity index is 1.67. The molecule has 0 aliphatic carbocycles. The number of sulfone groups is 1. The van der Waals surface area contributed by atoms with Crippen LogP contribution in [0.25, 0.3) is 0 Å². The van der Waals surface area contributed by atoms with Gasteiger partial charge in [0.1, 0.15) is 11.6 Å². The van der Waals surface area contributed by atoms with E-state index in [1.165, 1.54) is 12.1 Å². The second-order valence-corrected chi connectivity index (χ2v) is 10.2. The minimum absolute atomic E-state index is 0.203. The molecule has 2 aromatic rings. The van der Waals surface area contributed by atoms with E-state index in [4.69, 9.17) is 0 Å². The summed E-state index contributed by atoms with van der Waals surface area (Å²) in [6, 6.07) is 11.1. The average Bonchev–Trinajstić information content (AvgIpc) is 2.54. The van der Waals surface area contributed by atoms with E-state index in [0.717, 1.165) is 15.1 Å². The van der Waals surface area contributed by atoms with E-state index >= 15 is 0 Å². The predicted octanol–water partition coefficient (Wildman–Crippen LogP) is 3.86. The zero-order valence-corrected chi connectivity index (χ0v) is 17.0. The van der Waals surface area contributed by atoms with Crippen LogP contribution in [0.4, 0.5) is 4.39 Å². The maximum atomic E-state index is 13.5. The van der Waals surface area contributed by atoms with Crippen LogP contribution < -0.4 is 5.32 Å². The van der Waals surface area contributed by atoms with Gasteiger partial charge in [0.15, 0.2) is 9.84 Å². The molecule has 3 rings (SSSR count). The Morgan fingerprint density at radius 3 is 2.85 bits per heavy atom. The summed E-state index contributed by atoms with van der Waals surface area (Å²) in [5.41, 5.74) is 1.33. The lowest BCUT2D eigenvalue weighted by atomic mass is 10.0. The van der Waals surface area contributed by atoms with Crippen molar-refractivity contribution in [2.45, 2.75) is 23.1 Å². The molecule has 0 aromatic heterocycles. The minimum Gasteiger partial charge on any atom is -0.348 e. The molecule has 0 fully saturated rings. The first-order chi connectivity index (χ1) is 12.3. The molecule has 0 spiro atoms. The van der Waals surface area contributed by atoms with E-state index in [2.05, 4.69) is 21.2 Å². The molecule has 1 N–H and O–H groups in total. The monoisotopic (exact) mass is 457 g/mol. The summed E-state index contributed by atoms with van der Waals surface area (Å²) < 4.78 is 39.0. The molecule has 8 heteroatoms. The molecule has 1 aliphatic rings. The number of fused-ring (bicyclic) bond motifs is 1. The summed E-state index contributed by atoms with van der Waals surface area (Å²) in [4.78, 5) is 13.2. The van der Waals surface area contributed by atoms with Gasteiger partial charge >= 0.3 is 0 Å². The van der Waals surface area contributed by atoms with E-state index in [-0.39, 0.29) is 17.6 Å². The first-order valence-electron chi connectivity index (χ1n) is 7.99. The molecule has 1 aliphatic heterocycles. The maximum absolute atomic E-state index is 13.5. The third-order valence-electron chi connectivity index (χ3n) is 3.97. The van der Waals surface area contributed by atoms with Crippen LogP contribution >= 0.6 is 27.7 Å². The lowest BCUT2D eigenvalue weighted by molar-refractivity contribution is -0.119. The molecular weight excluding hydrogens is 441 g/mol. The number of rotatable bonds is 5.